The minimum absolute atomic E-state index is 0.0334. The third-order valence-corrected chi connectivity index (χ3v) is 5.05. The first-order valence-corrected chi connectivity index (χ1v) is 9.39. The van der Waals surface area contributed by atoms with Gasteiger partial charge in [0.2, 0.25) is 5.91 Å². The summed E-state index contributed by atoms with van der Waals surface area (Å²) >= 11 is 5.84. The zero-order chi connectivity index (χ0) is 21.2. The quantitative estimate of drug-likeness (QED) is 0.755. The third-order valence-electron chi connectivity index (χ3n) is 4.79. The number of aromatic nitrogens is 1. The zero-order valence-electron chi connectivity index (χ0n) is 15.7. The number of hydrogen-bond acceptors (Lipinski definition) is 3. The highest BCUT2D eigenvalue weighted by atomic mass is 35.5. The summed E-state index contributed by atoms with van der Waals surface area (Å²) in [6, 6.07) is 9.00. The van der Waals surface area contributed by atoms with Crippen LogP contribution in [0.4, 0.5) is 13.2 Å². The summed E-state index contributed by atoms with van der Waals surface area (Å²) in [6.45, 7) is 2.74. The van der Waals surface area contributed by atoms with Gasteiger partial charge in [-0.25, -0.2) is 4.98 Å². The molecule has 0 aliphatic carbocycles. The first kappa shape index (κ1) is 21.1. The maximum absolute atomic E-state index is 12.7. The van der Waals surface area contributed by atoms with E-state index >= 15 is 0 Å². The van der Waals surface area contributed by atoms with E-state index in [9.17, 15) is 22.8 Å². The Morgan fingerprint density at radius 1 is 1.00 bits per heavy atom. The number of piperazine rings is 1. The van der Waals surface area contributed by atoms with E-state index in [2.05, 4.69) is 4.98 Å². The van der Waals surface area contributed by atoms with Crippen molar-refractivity contribution in [2.45, 2.75) is 19.5 Å². The predicted molar refractivity (Wildman–Crippen MR) is 102 cm³/mol. The van der Waals surface area contributed by atoms with Gasteiger partial charge in [-0.2, -0.15) is 13.2 Å². The second kappa shape index (κ2) is 8.41. The molecule has 0 unspecified atom stereocenters. The van der Waals surface area contributed by atoms with E-state index in [1.807, 2.05) is 0 Å². The highest BCUT2D eigenvalue weighted by Gasteiger charge is 2.33. The molecule has 3 rings (SSSR count). The Bertz CT molecular complexity index is 908. The summed E-state index contributed by atoms with van der Waals surface area (Å²) < 4.78 is 38.2. The van der Waals surface area contributed by atoms with E-state index in [4.69, 9.17) is 11.6 Å². The van der Waals surface area contributed by atoms with Gasteiger partial charge in [0.15, 0.2) is 0 Å². The number of aryl methyl sites for hydroxylation is 1. The third kappa shape index (κ3) is 5.06. The number of halogens is 4. The normalized spacial score (nSPS) is 14.8. The van der Waals surface area contributed by atoms with Crippen LogP contribution in [0.1, 0.15) is 27.3 Å². The average Bonchev–Trinajstić information content (AvgIpc) is 2.68. The minimum atomic E-state index is -4.55. The molecule has 2 amide bonds. The van der Waals surface area contributed by atoms with Crippen LogP contribution in [0.3, 0.4) is 0 Å². The van der Waals surface area contributed by atoms with Gasteiger partial charge >= 0.3 is 6.18 Å². The Labute approximate surface area is 171 Å². The van der Waals surface area contributed by atoms with E-state index in [1.54, 1.807) is 29.2 Å². The second-order valence-corrected chi connectivity index (χ2v) is 7.24. The van der Waals surface area contributed by atoms with Crippen LogP contribution in [0.5, 0.6) is 0 Å². The molecule has 1 aliphatic heterocycles. The van der Waals surface area contributed by atoms with E-state index in [0.29, 0.717) is 31.2 Å². The number of amides is 2. The van der Waals surface area contributed by atoms with Gasteiger partial charge in [0.25, 0.3) is 5.91 Å². The van der Waals surface area contributed by atoms with Crippen molar-refractivity contribution in [3.63, 3.8) is 0 Å². The summed E-state index contributed by atoms with van der Waals surface area (Å²) in [4.78, 5) is 31.8. The summed E-state index contributed by atoms with van der Waals surface area (Å²) in [5.74, 6) is -0.430. The molecule has 1 aromatic carbocycles. The van der Waals surface area contributed by atoms with Crippen LogP contribution in [0, 0.1) is 6.92 Å². The molecular formula is C20H19ClF3N3O2. The number of nitrogens with zero attached hydrogens (tertiary/aromatic N) is 3. The molecule has 0 saturated carbocycles. The second-order valence-electron chi connectivity index (χ2n) is 6.80. The van der Waals surface area contributed by atoms with Crippen LogP contribution in [0.25, 0.3) is 0 Å². The topological polar surface area (TPSA) is 53.5 Å². The lowest BCUT2D eigenvalue weighted by Crippen LogP contribution is -2.51. The van der Waals surface area contributed by atoms with E-state index in [1.165, 1.54) is 11.8 Å². The molecule has 0 N–H and O–H groups in total. The summed E-state index contributed by atoms with van der Waals surface area (Å²) in [5, 5.41) is 0.598. The van der Waals surface area contributed by atoms with Crippen molar-refractivity contribution in [3.05, 3.63) is 63.9 Å². The maximum Gasteiger partial charge on any atom is 0.433 e. The standard InChI is InChI=1S/C20H19ClF3N3O2/c1-13-16(6-7-17(25-13)20(22,23)24)19(29)27-10-8-26(9-11-27)18(28)12-14-2-4-15(21)5-3-14/h2-7H,8-12H2,1H3. The molecular weight excluding hydrogens is 407 g/mol. The zero-order valence-corrected chi connectivity index (χ0v) is 16.4. The molecule has 1 aliphatic rings. The fourth-order valence-electron chi connectivity index (χ4n) is 3.16. The molecule has 2 heterocycles. The smallest absolute Gasteiger partial charge is 0.339 e. The molecule has 0 bridgehead atoms. The molecule has 1 aromatic heterocycles. The van der Waals surface area contributed by atoms with Gasteiger partial charge in [0.1, 0.15) is 5.69 Å². The van der Waals surface area contributed by atoms with Crippen molar-refractivity contribution in [1.82, 2.24) is 14.8 Å². The van der Waals surface area contributed by atoms with Crippen LogP contribution in [-0.4, -0.2) is 52.8 Å². The summed E-state index contributed by atoms with van der Waals surface area (Å²) in [5.41, 5.74) is -0.00136. The van der Waals surface area contributed by atoms with Gasteiger partial charge in [-0.15, -0.1) is 0 Å². The molecule has 9 heteroatoms. The van der Waals surface area contributed by atoms with Gasteiger partial charge < -0.3 is 9.80 Å². The lowest BCUT2D eigenvalue weighted by molar-refractivity contribution is -0.141. The first-order chi connectivity index (χ1) is 13.6. The molecule has 2 aromatic rings. The van der Waals surface area contributed by atoms with Crippen LogP contribution in [-0.2, 0) is 17.4 Å². The number of hydrogen-bond donors (Lipinski definition) is 0. The lowest BCUT2D eigenvalue weighted by Gasteiger charge is -2.35. The predicted octanol–water partition coefficient (Wildman–Crippen LogP) is 3.59. The molecule has 1 saturated heterocycles. The molecule has 0 radical (unpaired) electrons. The van der Waals surface area contributed by atoms with Gasteiger partial charge in [-0.1, -0.05) is 23.7 Å². The van der Waals surface area contributed by atoms with Gasteiger partial charge in [0.05, 0.1) is 17.7 Å². The van der Waals surface area contributed by atoms with Gasteiger partial charge in [-0.05, 0) is 36.8 Å². The fraction of sp³-hybridized carbons (Fsp3) is 0.350. The lowest BCUT2D eigenvalue weighted by atomic mass is 10.1. The van der Waals surface area contributed by atoms with Crippen molar-refractivity contribution >= 4 is 23.4 Å². The van der Waals surface area contributed by atoms with Crippen molar-refractivity contribution in [3.8, 4) is 0 Å². The molecule has 154 valence electrons. The van der Waals surface area contributed by atoms with Gasteiger partial charge in [-0.3, -0.25) is 9.59 Å². The van der Waals surface area contributed by atoms with Crippen molar-refractivity contribution in [1.29, 1.82) is 0 Å². The highest BCUT2D eigenvalue weighted by Crippen LogP contribution is 2.28. The fourth-order valence-corrected chi connectivity index (χ4v) is 3.29. The van der Waals surface area contributed by atoms with Gasteiger partial charge in [0, 0.05) is 31.2 Å². The van der Waals surface area contributed by atoms with Crippen LogP contribution in [0.2, 0.25) is 5.02 Å². The van der Waals surface area contributed by atoms with E-state index in [-0.39, 0.29) is 29.5 Å². The Morgan fingerprint density at radius 3 is 2.14 bits per heavy atom. The monoisotopic (exact) mass is 425 g/mol. The van der Waals surface area contributed by atoms with E-state index < -0.39 is 11.9 Å². The average molecular weight is 426 g/mol. The van der Waals surface area contributed by atoms with Crippen LogP contribution < -0.4 is 0 Å². The Balaban J connectivity index is 1.59. The number of rotatable bonds is 3. The first-order valence-electron chi connectivity index (χ1n) is 9.01. The molecule has 5 nitrogen and oxygen atoms in total. The number of carbonyl (C=O) groups excluding carboxylic acids is 2. The van der Waals surface area contributed by atoms with Crippen LogP contribution >= 0.6 is 11.6 Å². The Kier molecular flexibility index (Phi) is 6.12. The summed E-state index contributed by atoms with van der Waals surface area (Å²) in [7, 11) is 0. The number of alkyl halides is 3. The number of carbonyl (C=O) groups is 2. The molecule has 29 heavy (non-hydrogen) atoms. The summed E-state index contributed by atoms with van der Waals surface area (Å²) in [6.07, 6.45) is -4.31. The SMILES string of the molecule is Cc1nc(C(F)(F)F)ccc1C(=O)N1CCN(C(=O)Cc2ccc(Cl)cc2)CC1. The van der Waals surface area contributed by atoms with Crippen molar-refractivity contribution in [2.75, 3.05) is 26.2 Å². The largest absolute Gasteiger partial charge is 0.433 e. The van der Waals surface area contributed by atoms with E-state index in [0.717, 1.165) is 17.7 Å². The van der Waals surface area contributed by atoms with Crippen molar-refractivity contribution in [2.24, 2.45) is 0 Å². The number of pyridine rings is 1. The Hall–Kier alpha value is -2.61. The van der Waals surface area contributed by atoms with Crippen LogP contribution in [0.15, 0.2) is 36.4 Å². The van der Waals surface area contributed by atoms with Crippen molar-refractivity contribution < 1.29 is 22.8 Å². The Morgan fingerprint density at radius 2 is 1.59 bits per heavy atom. The number of benzene rings is 1. The molecule has 1 fully saturated rings. The maximum atomic E-state index is 12.7. The highest BCUT2D eigenvalue weighted by molar-refractivity contribution is 6.30. The molecule has 0 spiro atoms. The molecule has 0 atom stereocenters. The minimum Gasteiger partial charge on any atom is -0.339 e.